The fraction of sp³-hybridized carbons (Fsp3) is 0.846. The molecule has 0 amide bonds. The minimum absolute atomic E-state index is 0.195. The van der Waals surface area contributed by atoms with Crippen molar-refractivity contribution in [2.75, 3.05) is 20.1 Å². The Balaban J connectivity index is 2.35. The summed E-state index contributed by atoms with van der Waals surface area (Å²) in [6.07, 6.45) is 2.17. The maximum absolute atomic E-state index is 4.20. The predicted molar refractivity (Wildman–Crippen MR) is 78.0 cm³/mol. The summed E-state index contributed by atoms with van der Waals surface area (Å²) in [6, 6.07) is 0. The minimum atomic E-state index is 0.195. The summed E-state index contributed by atoms with van der Waals surface area (Å²) in [4.78, 5) is 3.64. The fourth-order valence-electron chi connectivity index (χ4n) is 1.72. The molecule has 1 aromatic rings. The van der Waals surface area contributed by atoms with E-state index in [2.05, 4.69) is 54.5 Å². The van der Waals surface area contributed by atoms with Gasteiger partial charge in [0.1, 0.15) is 0 Å². The van der Waals surface area contributed by atoms with Crippen LogP contribution in [0.25, 0.3) is 0 Å². The summed E-state index contributed by atoms with van der Waals surface area (Å²) in [5, 5.41) is 7.71. The normalized spacial score (nSPS) is 12.3. The molecule has 1 aromatic heterocycles. The second kappa shape index (κ2) is 7.16. The van der Waals surface area contributed by atoms with E-state index >= 15 is 0 Å². The first-order chi connectivity index (χ1) is 8.42. The van der Waals surface area contributed by atoms with E-state index in [9.17, 15) is 0 Å². The van der Waals surface area contributed by atoms with E-state index in [0.717, 1.165) is 32.5 Å². The van der Waals surface area contributed by atoms with Crippen molar-refractivity contribution in [3.63, 3.8) is 0 Å². The van der Waals surface area contributed by atoms with Crippen LogP contribution in [-0.2, 0) is 13.0 Å². The van der Waals surface area contributed by atoms with Crippen molar-refractivity contribution in [2.45, 2.75) is 52.6 Å². The van der Waals surface area contributed by atoms with Crippen LogP contribution in [0.15, 0.2) is 0 Å². The molecule has 5 heteroatoms. The average Bonchev–Trinajstić information content (AvgIpc) is 2.64. The Morgan fingerprint density at radius 3 is 2.67 bits per heavy atom. The Morgan fingerprint density at radius 2 is 2.06 bits per heavy atom. The fourth-order valence-corrected chi connectivity index (χ4v) is 2.48. The summed E-state index contributed by atoms with van der Waals surface area (Å²) in [5.41, 5.74) is 1.37. The minimum Gasteiger partial charge on any atom is -0.311 e. The summed E-state index contributed by atoms with van der Waals surface area (Å²) in [6.45, 7) is 11.8. The van der Waals surface area contributed by atoms with Crippen molar-refractivity contribution in [1.29, 1.82) is 0 Å². The number of nitrogens with one attached hydrogen (secondary N) is 1. The van der Waals surface area contributed by atoms with E-state index < -0.39 is 0 Å². The van der Waals surface area contributed by atoms with Crippen LogP contribution in [0.1, 0.15) is 44.7 Å². The molecule has 0 aliphatic carbocycles. The van der Waals surface area contributed by atoms with E-state index in [1.165, 1.54) is 22.1 Å². The number of aryl methyl sites for hydroxylation is 1. The largest absolute Gasteiger partial charge is 0.311 e. The molecule has 0 unspecified atom stereocenters. The molecular weight excluding hydrogens is 244 g/mol. The van der Waals surface area contributed by atoms with Gasteiger partial charge in [-0.1, -0.05) is 17.8 Å². The molecule has 1 rings (SSSR count). The Hall–Kier alpha value is -0.520. The van der Waals surface area contributed by atoms with E-state index in [0.29, 0.717) is 0 Å². The summed E-state index contributed by atoms with van der Waals surface area (Å²) in [5.74, 6) is 0. The second-order valence-electron chi connectivity index (χ2n) is 5.81. The molecule has 0 aliphatic rings. The van der Waals surface area contributed by atoms with Crippen LogP contribution in [0.2, 0.25) is 0 Å². The maximum Gasteiger partial charge on any atom is 0.0800 e. The van der Waals surface area contributed by atoms with E-state index in [1.54, 1.807) is 0 Å². The topological polar surface area (TPSA) is 41.1 Å². The van der Waals surface area contributed by atoms with Crippen LogP contribution in [0, 0.1) is 0 Å². The number of aromatic nitrogens is 2. The zero-order chi connectivity index (χ0) is 13.6. The van der Waals surface area contributed by atoms with Gasteiger partial charge in [-0.3, -0.25) is 4.90 Å². The number of rotatable bonds is 7. The Labute approximate surface area is 115 Å². The molecule has 0 fully saturated rings. The Kier molecular flexibility index (Phi) is 6.18. The van der Waals surface area contributed by atoms with Crippen LogP contribution in [0.5, 0.6) is 0 Å². The third-order valence-corrected chi connectivity index (χ3v) is 3.43. The third kappa shape index (κ3) is 5.89. The van der Waals surface area contributed by atoms with Gasteiger partial charge in [0, 0.05) is 25.2 Å². The molecule has 0 bridgehead atoms. The highest BCUT2D eigenvalue weighted by Crippen LogP contribution is 2.14. The van der Waals surface area contributed by atoms with Crippen molar-refractivity contribution >= 4 is 11.5 Å². The third-order valence-electron chi connectivity index (χ3n) is 2.68. The summed E-state index contributed by atoms with van der Waals surface area (Å²) >= 11 is 1.53. The monoisotopic (exact) mass is 270 g/mol. The Morgan fingerprint density at radius 1 is 1.33 bits per heavy atom. The lowest BCUT2D eigenvalue weighted by atomic mass is 10.1. The van der Waals surface area contributed by atoms with Gasteiger partial charge in [-0.2, -0.15) is 0 Å². The average molecular weight is 270 g/mol. The first kappa shape index (κ1) is 15.5. The lowest BCUT2D eigenvalue weighted by molar-refractivity contribution is 0.304. The van der Waals surface area contributed by atoms with Gasteiger partial charge in [0.15, 0.2) is 0 Å². The van der Waals surface area contributed by atoms with Gasteiger partial charge >= 0.3 is 0 Å². The maximum atomic E-state index is 4.20. The zero-order valence-electron chi connectivity index (χ0n) is 12.3. The quantitative estimate of drug-likeness (QED) is 0.825. The Bertz CT molecular complexity index is 343. The van der Waals surface area contributed by atoms with Gasteiger partial charge in [0.05, 0.1) is 10.6 Å². The molecule has 18 heavy (non-hydrogen) atoms. The second-order valence-corrected chi connectivity index (χ2v) is 6.65. The molecule has 1 heterocycles. The molecule has 0 radical (unpaired) electrons. The number of nitrogens with zero attached hydrogens (tertiary/aromatic N) is 3. The van der Waals surface area contributed by atoms with Gasteiger partial charge in [-0.15, -0.1) is 5.10 Å². The summed E-state index contributed by atoms with van der Waals surface area (Å²) in [7, 11) is 2.15. The van der Waals surface area contributed by atoms with Crippen molar-refractivity contribution in [2.24, 2.45) is 0 Å². The number of hydrogen-bond donors (Lipinski definition) is 1. The molecule has 0 saturated carbocycles. The lowest BCUT2D eigenvalue weighted by Crippen LogP contribution is -2.40. The highest BCUT2D eigenvalue weighted by atomic mass is 32.1. The van der Waals surface area contributed by atoms with Crippen molar-refractivity contribution in [3.8, 4) is 0 Å². The van der Waals surface area contributed by atoms with Crippen molar-refractivity contribution in [3.05, 3.63) is 10.6 Å². The smallest absolute Gasteiger partial charge is 0.0800 e. The highest BCUT2D eigenvalue weighted by Gasteiger charge is 2.11. The predicted octanol–water partition coefficient (Wildman–Crippen LogP) is 2.31. The van der Waals surface area contributed by atoms with Crippen molar-refractivity contribution < 1.29 is 0 Å². The molecule has 4 nitrogen and oxygen atoms in total. The van der Waals surface area contributed by atoms with Crippen molar-refractivity contribution in [1.82, 2.24) is 19.8 Å². The van der Waals surface area contributed by atoms with Crippen LogP contribution in [-0.4, -0.2) is 40.2 Å². The molecule has 104 valence electrons. The van der Waals surface area contributed by atoms with Gasteiger partial charge < -0.3 is 5.32 Å². The van der Waals surface area contributed by atoms with E-state index in [4.69, 9.17) is 0 Å². The van der Waals surface area contributed by atoms with E-state index in [-0.39, 0.29) is 5.54 Å². The van der Waals surface area contributed by atoms with E-state index in [1.807, 2.05) is 0 Å². The first-order valence-corrected chi connectivity index (χ1v) is 7.43. The van der Waals surface area contributed by atoms with Crippen LogP contribution >= 0.6 is 11.5 Å². The highest BCUT2D eigenvalue weighted by molar-refractivity contribution is 7.05. The summed E-state index contributed by atoms with van der Waals surface area (Å²) < 4.78 is 4.06. The SMILES string of the molecule is CCCc1nnsc1CN(C)CCNC(C)(C)C. The molecule has 0 spiro atoms. The molecule has 0 saturated heterocycles. The van der Waals surface area contributed by atoms with Gasteiger partial charge in [0.25, 0.3) is 0 Å². The molecule has 0 atom stereocenters. The van der Waals surface area contributed by atoms with Gasteiger partial charge in [0.2, 0.25) is 0 Å². The number of likely N-dealkylation sites (N-methyl/N-ethyl adjacent to an activating group) is 1. The molecule has 0 aliphatic heterocycles. The van der Waals surface area contributed by atoms with Gasteiger partial charge in [-0.25, -0.2) is 0 Å². The zero-order valence-corrected chi connectivity index (χ0v) is 13.1. The van der Waals surface area contributed by atoms with Crippen LogP contribution in [0.3, 0.4) is 0 Å². The molecular formula is C13H26N4S. The van der Waals surface area contributed by atoms with Gasteiger partial charge in [-0.05, 0) is 45.8 Å². The molecule has 1 N–H and O–H groups in total. The lowest BCUT2D eigenvalue weighted by Gasteiger charge is -2.23. The first-order valence-electron chi connectivity index (χ1n) is 6.66. The van der Waals surface area contributed by atoms with Crippen LogP contribution < -0.4 is 5.32 Å². The van der Waals surface area contributed by atoms with Crippen LogP contribution in [0.4, 0.5) is 0 Å². The number of hydrogen-bond acceptors (Lipinski definition) is 5. The molecule has 0 aromatic carbocycles. The standard InChI is InChI=1S/C13H26N4S/c1-6-7-11-12(18-16-15-11)10-17(5)9-8-14-13(2,3)4/h14H,6-10H2,1-5H3.